The highest BCUT2D eigenvalue weighted by Gasteiger charge is 2.41. The monoisotopic (exact) mass is 272 g/mol. The average Bonchev–Trinajstić information content (AvgIpc) is 2.48. The summed E-state index contributed by atoms with van der Waals surface area (Å²) in [7, 11) is -2.72. The molecule has 1 aliphatic rings. The van der Waals surface area contributed by atoms with E-state index in [1.165, 1.54) is 61.9 Å². The molecular formula is C14H32OSi2. The van der Waals surface area contributed by atoms with E-state index in [0.717, 1.165) is 0 Å². The fraction of sp³-hybridized carbons (Fsp3) is 1.00. The lowest BCUT2D eigenvalue weighted by atomic mass is 10.2. The number of rotatable bonds is 4. The molecule has 0 aromatic rings. The van der Waals surface area contributed by atoms with E-state index in [2.05, 4.69) is 27.7 Å². The highest BCUT2D eigenvalue weighted by molar-refractivity contribution is 6.87. The van der Waals surface area contributed by atoms with Crippen molar-refractivity contribution in [1.82, 2.24) is 0 Å². The van der Waals surface area contributed by atoms with E-state index in [9.17, 15) is 0 Å². The Hall–Kier alpha value is 0.394. The van der Waals surface area contributed by atoms with Crippen LogP contribution in [0, 0.1) is 0 Å². The van der Waals surface area contributed by atoms with Crippen molar-refractivity contribution in [2.24, 2.45) is 0 Å². The molecule has 0 spiro atoms. The quantitative estimate of drug-likeness (QED) is 0.610. The Bertz CT molecular complexity index is 188. The normalized spacial score (nSPS) is 24.7. The third-order valence-corrected chi connectivity index (χ3v) is 16.2. The van der Waals surface area contributed by atoms with Gasteiger partial charge in [-0.3, -0.25) is 0 Å². The summed E-state index contributed by atoms with van der Waals surface area (Å²) in [5.74, 6) is 0. The molecule has 1 rings (SSSR count). The standard InChI is InChI=1S/C14H32OSi2/c1-5-16(6-2)13-11-9-10-12-14-17(7-3,8-4)15-16/h5-14H2,1-4H3. The molecule has 0 amide bonds. The Morgan fingerprint density at radius 2 is 1.00 bits per heavy atom. The topological polar surface area (TPSA) is 9.23 Å². The third kappa shape index (κ3) is 3.93. The summed E-state index contributed by atoms with van der Waals surface area (Å²) >= 11 is 0. The molecule has 0 aromatic heterocycles. The molecule has 0 bridgehead atoms. The molecule has 17 heavy (non-hydrogen) atoms. The molecule has 0 aromatic carbocycles. The van der Waals surface area contributed by atoms with Crippen molar-refractivity contribution in [3.05, 3.63) is 0 Å². The van der Waals surface area contributed by atoms with Gasteiger partial charge in [0.05, 0.1) is 0 Å². The van der Waals surface area contributed by atoms with Gasteiger partial charge in [-0.2, -0.15) is 0 Å². The molecular weight excluding hydrogens is 240 g/mol. The molecule has 1 aliphatic heterocycles. The zero-order valence-electron chi connectivity index (χ0n) is 12.5. The van der Waals surface area contributed by atoms with Crippen LogP contribution in [0.3, 0.4) is 0 Å². The summed E-state index contributed by atoms with van der Waals surface area (Å²) in [6.07, 6.45) is 5.78. The summed E-state index contributed by atoms with van der Waals surface area (Å²) in [6, 6.07) is 8.26. The zero-order chi connectivity index (χ0) is 12.8. The predicted octanol–water partition coefficient (Wildman–Crippen LogP) is 5.55. The fourth-order valence-corrected chi connectivity index (χ4v) is 14.3. The maximum Gasteiger partial charge on any atom is 0.179 e. The first-order valence-electron chi connectivity index (χ1n) is 7.86. The van der Waals surface area contributed by atoms with Crippen molar-refractivity contribution < 1.29 is 4.12 Å². The van der Waals surface area contributed by atoms with Crippen LogP contribution in [0.4, 0.5) is 0 Å². The molecule has 0 radical (unpaired) electrons. The van der Waals surface area contributed by atoms with E-state index in [4.69, 9.17) is 4.12 Å². The van der Waals surface area contributed by atoms with Gasteiger partial charge >= 0.3 is 0 Å². The summed E-state index contributed by atoms with van der Waals surface area (Å²) < 4.78 is 7.02. The first kappa shape index (κ1) is 15.5. The van der Waals surface area contributed by atoms with Crippen LogP contribution in [0.5, 0.6) is 0 Å². The van der Waals surface area contributed by atoms with Gasteiger partial charge in [0.2, 0.25) is 0 Å². The lowest BCUT2D eigenvalue weighted by Gasteiger charge is -2.40. The van der Waals surface area contributed by atoms with Crippen molar-refractivity contribution >= 4 is 16.6 Å². The second kappa shape index (κ2) is 7.10. The molecule has 1 fully saturated rings. The van der Waals surface area contributed by atoms with Crippen LogP contribution in [-0.4, -0.2) is 16.6 Å². The van der Waals surface area contributed by atoms with E-state index < -0.39 is 16.6 Å². The molecule has 1 nitrogen and oxygen atoms in total. The average molecular weight is 273 g/mol. The lowest BCUT2D eigenvalue weighted by Crippen LogP contribution is -2.50. The molecule has 0 atom stereocenters. The molecule has 1 saturated heterocycles. The van der Waals surface area contributed by atoms with Crippen LogP contribution < -0.4 is 0 Å². The summed E-state index contributed by atoms with van der Waals surface area (Å²) in [4.78, 5) is 0. The first-order valence-corrected chi connectivity index (χ1v) is 12.9. The smallest absolute Gasteiger partial charge is 0.179 e. The van der Waals surface area contributed by atoms with Gasteiger partial charge in [-0.25, -0.2) is 0 Å². The van der Waals surface area contributed by atoms with Gasteiger partial charge in [-0.05, 0) is 36.3 Å². The van der Waals surface area contributed by atoms with Crippen LogP contribution in [0.1, 0.15) is 53.4 Å². The minimum atomic E-state index is -1.36. The zero-order valence-corrected chi connectivity index (χ0v) is 14.5. The number of hydrogen-bond acceptors (Lipinski definition) is 1. The third-order valence-electron chi connectivity index (χ3n) is 5.03. The first-order chi connectivity index (χ1) is 8.16. The van der Waals surface area contributed by atoms with E-state index in [0.29, 0.717) is 0 Å². The Morgan fingerprint density at radius 3 is 1.29 bits per heavy atom. The maximum atomic E-state index is 7.02. The maximum absolute atomic E-state index is 7.02. The minimum Gasteiger partial charge on any atom is -0.455 e. The van der Waals surface area contributed by atoms with E-state index in [1.807, 2.05) is 0 Å². The summed E-state index contributed by atoms with van der Waals surface area (Å²) in [6.45, 7) is 9.55. The molecule has 3 heteroatoms. The van der Waals surface area contributed by atoms with E-state index >= 15 is 0 Å². The van der Waals surface area contributed by atoms with Crippen molar-refractivity contribution in [2.45, 2.75) is 89.6 Å². The van der Waals surface area contributed by atoms with Gasteiger partial charge in [0.25, 0.3) is 0 Å². The highest BCUT2D eigenvalue weighted by Crippen LogP contribution is 2.36. The number of hydrogen-bond donors (Lipinski definition) is 0. The largest absolute Gasteiger partial charge is 0.455 e. The summed E-state index contributed by atoms with van der Waals surface area (Å²) in [5.41, 5.74) is 0. The van der Waals surface area contributed by atoms with Crippen molar-refractivity contribution in [2.75, 3.05) is 0 Å². The Balaban J connectivity index is 2.88. The van der Waals surface area contributed by atoms with Crippen LogP contribution in [-0.2, 0) is 4.12 Å². The minimum absolute atomic E-state index is 1.35. The molecule has 0 N–H and O–H groups in total. The van der Waals surface area contributed by atoms with Crippen LogP contribution in [0.15, 0.2) is 0 Å². The van der Waals surface area contributed by atoms with Gasteiger partial charge in [0, 0.05) is 0 Å². The van der Waals surface area contributed by atoms with E-state index in [-0.39, 0.29) is 0 Å². The molecule has 102 valence electrons. The second-order valence-corrected chi connectivity index (χ2v) is 15.2. The van der Waals surface area contributed by atoms with Crippen LogP contribution >= 0.6 is 0 Å². The molecule has 0 unspecified atom stereocenters. The predicted molar refractivity (Wildman–Crippen MR) is 82.6 cm³/mol. The summed E-state index contributed by atoms with van der Waals surface area (Å²) in [5, 5.41) is 0. The van der Waals surface area contributed by atoms with Crippen molar-refractivity contribution in [3.8, 4) is 0 Å². The van der Waals surface area contributed by atoms with Gasteiger partial charge in [0.15, 0.2) is 16.6 Å². The SMILES string of the molecule is CC[Si]1(CC)CCCCCC[Si](CC)(CC)O1. The van der Waals surface area contributed by atoms with E-state index in [1.54, 1.807) is 0 Å². The van der Waals surface area contributed by atoms with Gasteiger partial charge in [-0.1, -0.05) is 53.4 Å². The lowest BCUT2D eigenvalue weighted by molar-refractivity contribution is 0.504. The van der Waals surface area contributed by atoms with Gasteiger partial charge in [-0.15, -0.1) is 0 Å². The van der Waals surface area contributed by atoms with Crippen LogP contribution in [0.25, 0.3) is 0 Å². The van der Waals surface area contributed by atoms with Gasteiger partial charge < -0.3 is 4.12 Å². The Kier molecular flexibility index (Phi) is 6.45. The molecule has 1 heterocycles. The highest BCUT2D eigenvalue weighted by atomic mass is 28.4. The Morgan fingerprint density at radius 1 is 0.647 bits per heavy atom. The van der Waals surface area contributed by atoms with Gasteiger partial charge in [0.1, 0.15) is 0 Å². The molecule has 0 saturated carbocycles. The van der Waals surface area contributed by atoms with Crippen molar-refractivity contribution in [3.63, 3.8) is 0 Å². The Labute approximate surface area is 111 Å². The fourth-order valence-electron chi connectivity index (χ4n) is 3.31. The van der Waals surface area contributed by atoms with Crippen LogP contribution in [0.2, 0.25) is 36.3 Å². The molecule has 0 aliphatic carbocycles. The second-order valence-electron chi connectivity index (χ2n) is 5.80. The van der Waals surface area contributed by atoms with Crippen molar-refractivity contribution in [1.29, 1.82) is 0 Å².